The number of β-amino-alcohol motifs (C(OH)–C–C–N with tert-alkyl or cyclic N) is 1. The first kappa shape index (κ1) is 15.7. The molecule has 24 heavy (non-hydrogen) atoms. The van der Waals surface area contributed by atoms with Gasteiger partial charge in [-0.15, -0.1) is 0 Å². The lowest BCUT2D eigenvalue weighted by atomic mass is 9.95. The molecule has 1 aliphatic heterocycles. The number of hydrogen-bond donors (Lipinski definition) is 2. The third-order valence-electron chi connectivity index (χ3n) is 5.42. The van der Waals surface area contributed by atoms with E-state index in [1.165, 1.54) is 29.5 Å². The number of nitrogens with one attached hydrogen (secondary N) is 1. The Morgan fingerprint density at radius 2 is 1.92 bits per heavy atom. The van der Waals surface area contributed by atoms with Crippen LogP contribution >= 0.6 is 0 Å². The monoisotopic (exact) mass is 327 g/mol. The van der Waals surface area contributed by atoms with Gasteiger partial charge in [0.15, 0.2) is 0 Å². The summed E-state index contributed by atoms with van der Waals surface area (Å²) in [4.78, 5) is 20.5. The Balaban J connectivity index is 1.54. The number of aryl methyl sites for hydroxylation is 2. The number of piperazine rings is 1. The van der Waals surface area contributed by atoms with E-state index in [0.29, 0.717) is 6.54 Å². The maximum absolute atomic E-state index is 12.8. The number of carbonyl (C=O) groups excluding carboxylic acids is 1. The van der Waals surface area contributed by atoms with Crippen molar-refractivity contribution in [1.29, 1.82) is 0 Å². The number of H-pyrrole nitrogens is 1. The van der Waals surface area contributed by atoms with E-state index in [0.717, 1.165) is 50.1 Å². The van der Waals surface area contributed by atoms with E-state index in [9.17, 15) is 4.79 Å². The average molecular weight is 327 g/mol. The van der Waals surface area contributed by atoms with Crippen molar-refractivity contribution in [2.45, 2.75) is 25.7 Å². The quantitative estimate of drug-likeness (QED) is 0.904. The molecule has 2 aliphatic rings. The van der Waals surface area contributed by atoms with Crippen LogP contribution in [0.5, 0.6) is 0 Å². The molecule has 0 saturated carbocycles. The minimum absolute atomic E-state index is 0.131. The molecular formula is C19H25N3O2. The van der Waals surface area contributed by atoms with Crippen molar-refractivity contribution in [3.8, 4) is 0 Å². The molecule has 1 aromatic carbocycles. The molecule has 2 N–H and O–H groups in total. The van der Waals surface area contributed by atoms with E-state index in [4.69, 9.17) is 5.11 Å². The van der Waals surface area contributed by atoms with E-state index < -0.39 is 0 Å². The van der Waals surface area contributed by atoms with Gasteiger partial charge in [-0.05, 0) is 49.4 Å². The van der Waals surface area contributed by atoms with Gasteiger partial charge in [0.05, 0.1) is 6.61 Å². The summed E-state index contributed by atoms with van der Waals surface area (Å²) in [5, 5.41) is 10.3. The number of rotatable bonds is 3. The highest BCUT2D eigenvalue weighted by Gasteiger charge is 2.23. The van der Waals surface area contributed by atoms with Crippen LogP contribution in [0.15, 0.2) is 18.2 Å². The zero-order chi connectivity index (χ0) is 16.5. The van der Waals surface area contributed by atoms with Gasteiger partial charge in [0.25, 0.3) is 5.91 Å². The van der Waals surface area contributed by atoms with Crippen molar-refractivity contribution in [3.63, 3.8) is 0 Å². The third kappa shape index (κ3) is 2.82. The van der Waals surface area contributed by atoms with Crippen molar-refractivity contribution in [2.24, 2.45) is 0 Å². The molecule has 0 unspecified atom stereocenters. The first-order valence-corrected chi connectivity index (χ1v) is 9.02. The van der Waals surface area contributed by atoms with Crippen LogP contribution in [-0.2, 0) is 12.8 Å². The maximum atomic E-state index is 12.8. The van der Waals surface area contributed by atoms with Crippen LogP contribution in [0.3, 0.4) is 0 Å². The number of fused-ring (bicyclic) bond motifs is 3. The van der Waals surface area contributed by atoms with Crippen molar-refractivity contribution in [3.05, 3.63) is 35.0 Å². The molecule has 5 nitrogen and oxygen atoms in total. The van der Waals surface area contributed by atoms with Crippen molar-refractivity contribution in [2.75, 3.05) is 39.3 Å². The van der Waals surface area contributed by atoms with E-state index in [-0.39, 0.29) is 12.5 Å². The van der Waals surface area contributed by atoms with E-state index in [1.54, 1.807) is 0 Å². The largest absolute Gasteiger partial charge is 0.395 e. The minimum atomic E-state index is 0.131. The summed E-state index contributed by atoms with van der Waals surface area (Å²) < 4.78 is 0. The third-order valence-corrected chi connectivity index (χ3v) is 5.42. The van der Waals surface area contributed by atoms with Crippen molar-refractivity contribution in [1.82, 2.24) is 14.8 Å². The Morgan fingerprint density at radius 1 is 1.12 bits per heavy atom. The Morgan fingerprint density at radius 3 is 2.71 bits per heavy atom. The van der Waals surface area contributed by atoms with Gasteiger partial charge in [-0.1, -0.05) is 0 Å². The lowest BCUT2D eigenvalue weighted by Crippen LogP contribution is -2.49. The standard InChI is InChI=1S/C19H25N3O2/c23-12-11-21-7-9-22(10-8-21)19(24)14-5-6-18-16(13-14)15-3-1-2-4-17(15)20-18/h5-6,13,20,23H,1-4,7-12H2. The van der Waals surface area contributed by atoms with Crippen LogP contribution in [0.2, 0.25) is 0 Å². The SMILES string of the molecule is O=C(c1ccc2[nH]c3c(c2c1)CCCC3)N1CCN(CCO)CC1. The van der Waals surface area contributed by atoms with Crippen LogP contribution in [0, 0.1) is 0 Å². The fraction of sp³-hybridized carbons (Fsp3) is 0.526. The van der Waals surface area contributed by atoms with Gasteiger partial charge in [-0.25, -0.2) is 0 Å². The van der Waals surface area contributed by atoms with E-state index in [2.05, 4.69) is 22.0 Å². The molecule has 4 rings (SSSR count). The predicted molar refractivity (Wildman–Crippen MR) is 94.4 cm³/mol. The molecule has 0 bridgehead atoms. The molecule has 1 aliphatic carbocycles. The highest BCUT2D eigenvalue weighted by atomic mass is 16.3. The molecule has 2 aromatic rings. The van der Waals surface area contributed by atoms with Gasteiger partial charge in [0.1, 0.15) is 0 Å². The zero-order valence-corrected chi connectivity index (χ0v) is 14.1. The first-order chi connectivity index (χ1) is 11.8. The summed E-state index contributed by atoms with van der Waals surface area (Å²) in [5.74, 6) is 0.131. The number of aromatic amines is 1. The summed E-state index contributed by atoms with van der Waals surface area (Å²) in [6.45, 7) is 4.04. The Hall–Kier alpha value is -1.85. The number of aromatic nitrogens is 1. The minimum Gasteiger partial charge on any atom is -0.395 e. The predicted octanol–water partition coefficient (Wildman–Crippen LogP) is 1.80. The number of aliphatic hydroxyl groups excluding tert-OH is 1. The molecule has 0 spiro atoms. The van der Waals surface area contributed by atoms with Crippen LogP contribution < -0.4 is 0 Å². The number of benzene rings is 1. The van der Waals surface area contributed by atoms with Crippen LogP contribution in [0.1, 0.15) is 34.5 Å². The average Bonchev–Trinajstić information content (AvgIpc) is 3.00. The number of hydrogen-bond acceptors (Lipinski definition) is 3. The zero-order valence-electron chi connectivity index (χ0n) is 14.1. The molecule has 1 aromatic heterocycles. The highest BCUT2D eigenvalue weighted by molar-refractivity contribution is 5.99. The smallest absolute Gasteiger partial charge is 0.253 e. The molecule has 5 heteroatoms. The van der Waals surface area contributed by atoms with Gasteiger partial charge >= 0.3 is 0 Å². The second-order valence-corrected chi connectivity index (χ2v) is 6.91. The number of amides is 1. The van der Waals surface area contributed by atoms with Crippen molar-refractivity contribution < 1.29 is 9.90 Å². The maximum Gasteiger partial charge on any atom is 0.253 e. The van der Waals surface area contributed by atoms with Gasteiger partial charge in [0, 0.05) is 54.9 Å². The molecule has 0 atom stereocenters. The summed E-state index contributed by atoms with van der Waals surface area (Å²) in [6.07, 6.45) is 4.74. The molecular weight excluding hydrogens is 302 g/mol. The van der Waals surface area contributed by atoms with Gasteiger partial charge < -0.3 is 15.0 Å². The van der Waals surface area contributed by atoms with Crippen molar-refractivity contribution >= 4 is 16.8 Å². The Bertz CT molecular complexity index is 744. The van der Waals surface area contributed by atoms with Gasteiger partial charge in [-0.3, -0.25) is 9.69 Å². The molecule has 1 saturated heterocycles. The van der Waals surface area contributed by atoms with Gasteiger partial charge in [0.2, 0.25) is 0 Å². The number of aliphatic hydroxyl groups is 1. The summed E-state index contributed by atoms with van der Waals surface area (Å²) in [5.41, 5.74) is 4.73. The Labute approximate surface area is 142 Å². The lowest BCUT2D eigenvalue weighted by Gasteiger charge is -2.34. The number of carbonyl (C=O) groups is 1. The normalized spacial score (nSPS) is 18.8. The summed E-state index contributed by atoms with van der Waals surface area (Å²) >= 11 is 0. The fourth-order valence-corrected chi connectivity index (χ4v) is 4.04. The molecule has 1 amide bonds. The second kappa shape index (κ2) is 6.57. The molecule has 1 fully saturated rings. The van der Waals surface area contributed by atoms with Crippen LogP contribution in [-0.4, -0.2) is 65.1 Å². The van der Waals surface area contributed by atoms with E-state index in [1.807, 2.05) is 11.0 Å². The number of nitrogens with zero attached hydrogens (tertiary/aromatic N) is 2. The molecule has 2 heterocycles. The highest BCUT2D eigenvalue weighted by Crippen LogP contribution is 2.30. The Kier molecular flexibility index (Phi) is 4.29. The van der Waals surface area contributed by atoms with Crippen LogP contribution in [0.4, 0.5) is 0 Å². The first-order valence-electron chi connectivity index (χ1n) is 9.02. The summed E-state index contributed by atoms with van der Waals surface area (Å²) in [7, 11) is 0. The van der Waals surface area contributed by atoms with Gasteiger partial charge in [-0.2, -0.15) is 0 Å². The lowest BCUT2D eigenvalue weighted by molar-refractivity contribution is 0.0615. The van der Waals surface area contributed by atoms with Crippen LogP contribution in [0.25, 0.3) is 10.9 Å². The van der Waals surface area contributed by atoms with E-state index >= 15 is 0 Å². The fourth-order valence-electron chi connectivity index (χ4n) is 4.04. The molecule has 128 valence electrons. The second-order valence-electron chi connectivity index (χ2n) is 6.91. The summed E-state index contributed by atoms with van der Waals surface area (Å²) in [6, 6.07) is 6.09. The molecule has 0 radical (unpaired) electrons. The topological polar surface area (TPSA) is 59.6 Å².